The van der Waals surface area contributed by atoms with Gasteiger partial charge < -0.3 is 10.8 Å². The molecule has 1 aromatic carbocycles. The van der Waals surface area contributed by atoms with Crippen molar-refractivity contribution in [1.29, 1.82) is 0 Å². The van der Waals surface area contributed by atoms with Gasteiger partial charge in [-0.05, 0) is 50.8 Å². The van der Waals surface area contributed by atoms with Gasteiger partial charge in [0.05, 0.1) is 5.41 Å². The smallest absolute Gasteiger partial charge is 0.309 e. The van der Waals surface area contributed by atoms with Crippen molar-refractivity contribution in [2.45, 2.75) is 40.2 Å². The van der Waals surface area contributed by atoms with Gasteiger partial charge in [-0.3, -0.25) is 4.79 Å². The fourth-order valence-electron chi connectivity index (χ4n) is 1.95. The number of aliphatic carboxylic acids is 1. The number of carboxylic acids is 1. The Labute approximate surface area is 107 Å². The standard InChI is InChI=1S/C14H20FNO2/c1-8-5-10(6-9(2)12(8)15)11(16)7-14(3,4)13(17)18/h5-6,11H,7,16H2,1-4H3,(H,17,18). The molecule has 0 spiro atoms. The number of carboxylic acid groups (broad SMARTS) is 1. The highest BCUT2D eigenvalue weighted by Gasteiger charge is 2.30. The number of hydrogen-bond acceptors (Lipinski definition) is 2. The molecule has 0 radical (unpaired) electrons. The zero-order chi connectivity index (χ0) is 14.1. The third-order valence-corrected chi connectivity index (χ3v) is 3.20. The molecule has 0 aliphatic rings. The minimum atomic E-state index is -0.893. The zero-order valence-corrected chi connectivity index (χ0v) is 11.2. The van der Waals surface area contributed by atoms with Crippen molar-refractivity contribution in [3.8, 4) is 0 Å². The molecule has 100 valence electrons. The summed E-state index contributed by atoms with van der Waals surface area (Å²) in [5.74, 6) is -1.11. The molecule has 0 aromatic heterocycles. The van der Waals surface area contributed by atoms with Crippen molar-refractivity contribution in [1.82, 2.24) is 0 Å². The maximum Gasteiger partial charge on any atom is 0.309 e. The SMILES string of the molecule is Cc1cc(C(N)CC(C)(C)C(=O)O)cc(C)c1F. The number of carbonyl (C=O) groups is 1. The Morgan fingerprint density at radius 1 is 1.39 bits per heavy atom. The van der Waals surface area contributed by atoms with Gasteiger partial charge in [0.2, 0.25) is 0 Å². The second-order valence-corrected chi connectivity index (χ2v) is 5.47. The summed E-state index contributed by atoms with van der Waals surface area (Å²) in [5, 5.41) is 9.07. The summed E-state index contributed by atoms with van der Waals surface area (Å²) in [7, 11) is 0. The number of rotatable bonds is 4. The molecule has 1 rings (SSSR count). The summed E-state index contributed by atoms with van der Waals surface area (Å²) in [5.41, 5.74) is 6.98. The molecule has 0 heterocycles. The molecule has 3 N–H and O–H groups in total. The third kappa shape index (κ3) is 3.07. The monoisotopic (exact) mass is 253 g/mol. The fourth-order valence-corrected chi connectivity index (χ4v) is 1.95. The lowest BCUT2D eigenvalue weighted by atomic mass is 9.83. The first-order chi connectivity index (χ1) is 8.15. The lowest BCUT2D eigenvalue weighted by molar-refractivity contribution is -0.147. The van der Waals surface area contributed by atoms with Gasteiger partial charge in [0.15, 0.2) is 0 Å². The highest BCUT2D eigenvalue weighted by atomic mass is 19.1. The van der Waals surface area contributed by atoms with Crippen LogP contribution in [-0.4, -0.2) is 11.1 Å². The molecule has 1 unspecified atom stereocenters. The van der Waals surface area contributed by atoms with Gasteiger partial charge in [-0.25, -0.2) is 4.39 Å². The summed E-state index contributed by atoms with van der Waals surface area (Å²) in [4.78, 5) is 11.1. The van der Waals surface area contributed by atoms with Gasteiger partial charge in [0.1, 0.15) is 5.82 Å². The van der Waals surface area contributed by atoms with Crippen LogP contribution in [0.15, 0.2) is 12.1 Å². The number of hydrogen-bond donors (Lipinski definition) is 2. The van der Waals surface area contributed by atoms with E-state index in [0.29, 0.717) is 17.5 Å². The zero-order valence-electron chi connectivity index (χ0n) is 11.2. The number of benzene rings is 1. The van der Waals surface area contributed by atoms with E-state index in [1.165, 1.54) is 0 Å². The third-order valence-electron chi connectivity index (χ3n) is 3.20. The van der Waals surface area contributed by atoms with Crippen molar-refractivity contribution in [3.05, 3.63) is 34.6 Å². The molecule has 0 bridgehead atoms. The van der Waals surface area contributed by atoms with E-state index in [9.17, 15) is 9.18 Å². The Morgan fingerprint density at radius 3 is 2.22 bits per heavy atom. The van der Waals surface area contributed by atoms with Crippen LogP contribution in [0.25, 0.3) is 0 Å². The number of aryl methyl sites for hydroxylation is 2. The molecule has 0 amide bonds. The summed E-state index contributed by atoms with van der Waals surface area (Å²) in [6, 6.07) is 2.96. The van der Waals surface area contributed by atoms with Crippen LogP contribution >= 0.6 is 0 Å². The van der Waals surface area contributed by atoms with Gasteiger partial charge in [-0.1, -0.05) is 12.1 Å². The normalized spacial score (nSPS) is 13.4. The van der Waals surface area contributed by atoms with Crippen molar-refractivity contribution < 1.29 is 14.3 Å². The molecule has 4 heteroatoms. The van der Waals surface area contributed by atoms with E-state index in [-0.39, 0.29) is 5.82 Å². The molecule has 0 saturated heterocycles. The first-order valence-electron chi connectivity index (χ1n) is 5.91. The minimum Gasteiger partial charge on any atom is -0.481 e. The van der Waals surface area contributed by atoms with Crippen LogP contribution in [0.2, 0.25) is 0 Å². The van der Waals surface area contributed by atoms with E-state index in [1.807, 2.05) is 0 Å². The molecule has 1 atom stereocenters. The van der Waals surface area contributed by atoms with Gasteiger partial charge in [0.25, 0.3) is 0 Å². The van der Waals surface area contributed by atoms with Crippen LogP contribution in [0.1, 0.15) is 43.0 Å². The predicted octanol–water partition coefficient (Wildman–Crippen LogP) is 2.94. The largest absolute Gasteiger partial charge is 0.481 e. The van der Waals surface area contributed by atoms with Crippen LogP contribution in [0, 0.1) is 25.1 Å². The van der Waals surface area contributed by atoms with E-state index >= 15 is 0 Å². The van der Waals surface area contributed by atoms with Gasteiger partial charge in [0, 0.05) is 6.04 Å². The highest BCUT2D eigenvalue weighted by molar-refractivity contribution is 5.73. The molecule has 0 aliphatic heterocycles. The van der Waals surface area contributed by atoms with E-state index in [4.69, 9.17) is 10.8 Å². The Bertz CT molecular complexity index is 446. The first kappa shape index (κ1) is 14.6. The topological polar surface area (TPSA) is 63.3 Å². The van der Waals surface area contributed by atoms with Crippen molar-refractivity contribution >= 4 is 5.97 Å². The summed E-state index contributed by atoms with van der Waals surface area (Å²) >= 11 is 0. The van der Waals surface area contributed by atoms with Crippen LogP contribution in [0.5, 0.6) is 0 Å². The molecular weight excluding hydrogens is 233 g/mol. The van der Waals surface area contributed by atoms with Crippen LogP contribution in [0.3, 0.4) is 0 Å². The average Bonchev–Trinajstić information content (AvgIpc) is 2.24. The van der Waals surface area contributed by atoms with Crippen molar-refractivity contribution in [2.24, 2.45) is 11.1 Å². The van der Waals surface area contributed by atoms with Gasteiger partial charge >= 0.3 is 5.97 Å². The molecule has 0 aliphatic carbocycles. The highest BCUT2D eigenvalue weighted by Crippen LogP contribution is 2.30. The van der Waals surface area contributed by atoms with Gasteiger partial charge in [-0.2, -0.15) is 0 Å². The molecule has 18 heavy (non-hydrogen) atoms. The van der Waals surface area contributed by atoms with Crippen LogP contribution in [0.4, 0.5) is 4.39 Å². The molecule has 0 fully saturated rings. The first-order valence-corrected chi connectivity index (χ1v) is 5.91. The second kappa shape index (κ2) is 5.06. The fraction of sp³-hybridized carbons (Fsp3) is 0.500. The lowest BCUT2D eigenvalue weighted by Crippen LogP contribution is -2.29. The van der Waals surface area contributed by atoms with Gasteiger partial charge in [-0.15, -0.1) is 0 Å². The van der Waals surface area contributed by atoms with E-state index in [0.717, 1.165) is 5.56 Å². The molecule has 0 saturated carbocycles. The summed E-state index contributed by atoms with van der Waals surface area (Å²) < 4.78 is 13.5. The molecular formula is C14H20FNO2. The molecule has 1 aromatic rings. The van der Waals surface area contributed by atoms with E-state index in [1.54, 1.807) is 39.8 Å². The minimum absolute atomic E-state index is 0.233. The second-order valence-electron chi connectivity index (χ2n) is 5.47. The number of halogens is 1. The van der Waals surface area contributed by atoms with E-state index < -0.39 is 17.4 Å². The Hall–Kier alpha value is -1.42. The summed E-state index contributed by atoms with van der Waals surface area (Å²) in [6.07, 6.45) is 0.312. The Balaban J connectivity index is 2.98. The summed E-state index contributed by atoms with van der Waals surface area (Å²) in [6.45, 7) is 6.64. The maximum absolute atomic E-state index is 13.5. The van der Waals surface area contributed by atoms with Crippen LogP contribution in [-0.2, 0) is 4.79 Å². The van der Waals surface area contributed by atoms with E-state index in [2.05, 4.69) is 0 Å². The predicted molar refractivity (Wildman–Crippen MR) is 68.8 cm³/mol. The lowest BCUT2D eigenvalue weighted by Gasteiger charge is -2.24. The Morgan fingerprint density at radius 2 is 1.83 bits per heavy atom. The van der Waals surface area contributed by atoms with Crippen molar-refractivity contribution in [2.75, 3.05) is 0 Å². The van der Waals surface area contributed by atoms with Crippen molar-refractivity contribution in [3.63, 3.8) is 0 Å². The van der Waals surface area contributed by atoms with Crippen LogP contribution < -0.4 is 5.73 Å². The quantitative estimate of drug-likeness (QED) is 0.867. The number of nitrogens with two attached hydrogens (primary N) is 1. The Kier molecular flexibility index (Phi) is 4.12. The molecule has 3 nitrogen and oxygen atoms in total. The average molecular weight is 253 g/mol. The maximum atomic E-state index is 13.5.